The van der Waals surface area contributed by atoms with Gasteiger partial charge in [-0.3, -0.25) is 18.6 Å². The largest absolute Gasteiger partial charge is 0.472 e. The number of phosphoric acid groups is 1. The Kier molecular flexibility index (Phi) is 50.5. The molecule has 0 aliphatic carbocycles. The highest BCUT2D eigenvalue weighted by Gasteiger charge is 2.27. The molecule has 0 fully saturated rings. The number of phosphoric ester groups is 1. The topological polar surface area (TPSA) is 108 Å². The molecule has 0 aliphatic heterocycles. The first-order valence-corrected chi connectivity index (χ1v) is 30.5. The molecule has 0 aliphatic rings. The second-order valence-electron chi connectivity index (χ2n) is 20.3. The van der Waals surface area contributed by atoms with Crippen LogP contribution in [0.3, 0.4) is 0 Å². The first-order valence-electron chi connectivity index (χ1n) is 29.0. The van der Waals surface area contributed by atoms with Crippen LogP contribution in [0.4, 0.5) is 0 Å². The SMILES string of the molecule is CC/C=C\C/C=C\C/C=C\C/C=C\C/C=C\CCCCCCCCCCCCCC(=O)OC(COC(=O)CCCCCCCC/C=C\C/C=C\C/C=C\CCCCCCC)COP(=O)(O)OCC[N+](C)(C)C. The smallest absolute Gasteiger partial charge is 0.462 e. The second kappa shape index (κ2) is 52.8. The number of carbonyl (C=O) groups excluding carboxylic acids is 2. The lowest BCUT2D eigenvalue weighted by Crippen LogP contribution is -2.37. The van der Waals surface area contributed by atoms with Crippen molar-refractivity contribution >= 4 is 19.8 Å². The maximum absolute atomic E-state index is 12.8. The summed E-state index contributed by atoms with van der Waals surface area (Å²) in [5, 5.41) is 0. The molecule has 0 amide bonds. The molecule has 0 bridgehead atoms. The molecule has 0 heterocycles. The summed E-state index contributed by atoms with van der Waals surface area (Å²) in [7, 11) is 1.46. The summed E-state index contributed by atoms with van der Waals surface area (Å²) >= 11 is 0. The van der Waals surface area contributed by atoms with Gasteiger partial charge in [0.1, 0.15) is 19.8 Å². The Morgan fingerprint density at radius 1 is 0.444 bits per heavy atom. The monoisotopic (exact) mass is 1030 g/mol. The van der Waals surface area contributed by atoms with Gasteiger partial charge in [-0.15, -0.1) is 0 Å². The lowest BCUT2D eigenvalue weighted by atomic mass is 10.0. The number of esters is 2. The van der Waals surface area contributed by atoms with Crippen molar-refractivity contribution in [2.45, 2.75) is 238 Å². The third-order valence-electron chi connectivity index (χ3n) is 12.1. The van der Waals surface area contributed by atoms with Gasteiger partial charge in [-0.05, 0) is 96.3 Å². The first-order chi connectivity index (χ1) is 35.0. The summed E-state index contributed by atoms with van der Waals surface area (Å²) in [6, 6.07) is 0. The van der Waals surface area contributed by atoms with Gasteiger partial charge in [-0.25, -0.2) is 4.57 Å². The van der Waals surface area contributed by atoms with Crippen LogP contribution in [0.15, 0.2) is 97.2 Å². The fraction of sp³-hybridized carbons (Fsp3) is 0.710. The van der Waals surface area contributed by atoms with Gasteiger partial charge in [0.15, 0.2) is 6.10 Å². The van der Waals surface area contributed by atoms with E-state index in [2.05, 4.69) is 111 Å². The molecule has 0 aromatic rings. The average Bonchev–Trinajstić information content (AvgIpc) is 3.34. The lowest BCUT2D eigenvalue weighted by molar-refractivity contribution is -0.870. The van der Waals surface area contributed by atoms with Crippen molar-refractivity contribution in [2.24, 2.45) is 0 Å². The predicted octanol–water partition coefficient (Wildman–Crippen LogP) is 18.0. The number of quaternary nitrogens is 1. The Balaban J connectivity index is 4.22. The van der Waals surface area contributed by atoms with E-state index in [1.54, 1.807) is 0 Å². The minimum absolute atomic E-state index is 0.0242. The molecular formula is C62H109NO8P+. The number of unbranched alkanes of at least 4 members (excludes halogenated alkanes) is 22. The van der Waals surface area contributed by atoms with Crippen molar-refractivity contribution in [3.05, 3.63) is 97.2 Å². The van der Waals surface area contributed by atoms with Crippen molar-refractivity contribution in [3.8, 4) is 0 Å². The van der Waals surface area contributed by atoms with Gasteiger partial charge in [-0.1, -0.05) is 220 Å². The van der Waals surface area contributed by atoms with Crippen molar-refractivity contribution < 1.29 is 42.1 Å². The molecular weight excluding hydrogens is 918 g/mol. The van der Waals surface area contributed by atoms with E-state index in [1.165, 1.54) is 96.3 Å². The zero-order valence-corrected chi connectivity index (χ0v) is 47.8. The fourth-order valence-corrected chi connectivity index (χ4v) is 8.38. The van der Waals surface area contributed by atoms with E-state index in [-0.39, 0.29) is 32.0 Å². The van der Waals surface area contributed by atoms with E-state index in [0.29, 0.717) is 17.4 Å². The first kappa shape index (κ1) is 68.9. The summed E-state index contributed by atoms with van der Waals surface area (Å²) in [5.41, 5.74) is 0. The van der Waals surface area contributed by atoms with Gasteiger partial charge in [-0.2, -0.15) is 0 Å². The number of allylic oxidation sites excluding steroid dienone is 16. The van der Waals surface area contributed by atoms with Gasteiger partial charge >= 0.3 is 19.8 Å². The second-order valence-corrected chi connectivity index (χ2v) is 21.7. The summed E-state index contributed by atoms with van der Waals surface area (Å²) in [6.07, 6.45) is 71.8. The molecule has 0 saturated carbocycles. The molecule has 0 rings (SSSR count). The van der Waals surface area contributed by atoms with Gasteiger partial charge in [0.25, 0.3) is 0 Å². The molecule has 1 N–H and O–H groups in total. The predicted molar refractivity (Wildman–Crippen MR) is 307 cm³/mol. The highest BCUT2D eigenvalue weighted by molar-refractivity contribution is 7.47. The molecule has 0 saturated heterocycles. The van der Waals surface area contributed by atoms with Crippen LogP contribution in [-0.2, 0) is 32.7 Å². The lowest BCUT2D eigenvalue weighted by Gasteiger charge is -2.24. The third-order valence-corrected chi connectivity index (χ3v) is 13.1. The number of rotatable bonds is 52. The van der Waals surface area contributed by atoms with Gasteiger partial charge in [0.2, 0.25) is 0 Å². The summed E-state index contributed by atoms with van der Waals surface area (Å²) in [5.74, 6) is -0.818. The molecule has 2 atom stereocenters. The van der Waals surface area contributed by atoms with Crippen LogP contribution < -0.4 is 0 Å². The Hall–Kier alpha value is -3.07. The number of likely N-dealkylation sites (N-methyl/N-ethyl adjacent to an activating group) is 1. The highest BCUT2D eigenvalue weighted by atomic mass is 31.2. The molecule has 0 aromatic carbocycles. The summed E-state index contributed by atoms with van der Waals surface area (Å²) in [6.45, 7) is 4.29. The Bertz CT molecular complexity index is 1540. The van der Waals surface area contributed by atoms with Crippen LogP contribution >= 0.6 is 7.82 Å². The van der Waals surface area contributed by atoms with Crippen LogP contribution in [0, 0.1) is 0 Å². The number of nitrogens with zero attached hydrogens (tertiary/aromatic N) is 1. The van der Waals surface area contributed by atoms with Gasteiger partial charge in [0.05, 0.1) is 27.7 Å². The van der Waals surface area contributed by atoms with E-state index >= 15 is 0 Å². The minimum atomic E-state index is -4.40. The molecule has 72 heavy (non-hydrogen) atoms. The van der Waals surface area contributed by atoms with Crippen molar-refractivity contribution in [3.63, 3.8) is 0 Å². The molecule has 414 valence electrons. The number of hydrogen-bond acceptors (Lipinski definition) is 7. The van der Waals surface area contributed by atoms with Crippen molar-refractivity contribution in [2.75, 3.05) is 47.5 Å². The quantitative estimate of drug-likeness (QED) is 0.0211. The van der Waals surface area contributed by atoms with E-state index in [1.807, 2.05) is 21.1 Å². The van der Waals surface area contributed by atoms with E-state index in [4.69, 9.17) is 18.5 Å². The van der Waals surface area contributed by atoms with Gasteiger partial charge < -0.3 is 18.9 Å². The van der Waals surface area contributed by atoms with Crippen LogP contribution in [0.2, 0.25) is 0 Å². The van der Waals surface area contributed by atoms with Crippen LogP contribution in [0.5, 0.6) is 0 Å². The zero-order chi connectivity index (χ0) is 52.7. The van der Waals surface area contributed by atoms with E-state index < -0.39 is 26.5 Å². The summed E-state index contributed by atoms with van der Waals surface area (Å²) < 4.78 is 34.6. The highest BCUT2D eigenvalue weighted by Crippen LogP contribution is 2.43. The molecule has 2 unspecified atom stereocenters. The van der Waals surface area contributed by atoms with Crippen LogP contribution in [0.1, 0.15) is 232 Å². The Morgan fingerprint density at radius 3 is 1.18 bits per heavy atom. The van der Waals surface area contributed by atoms with Gasteiger partial charge in [0, 0.05) is 12.8 Å². The fourth-order valence-electron chi connectivity index (χ4n) is 7.64. The Labute approximate surface area is 443 Å². The maximum atomic E-state index is 12.8. The standard InChI is InChI=1S/C62H108NO8P/c1-6-8-10-12-14-16-18-20-22-24-26-28-29-30-31-32-33-35-37-39-41-43-45-47-49-51-53-55-62(65)71-60(59-70-72(66,67)69-57-56-63(3,4)5)58-68-61(64)54-52-50-48-46-44-42-40-38-36-34-27-25-23-21-19-17-15-13-11-9-7-2/h8,10,14,16,19-22,25-28,30-31,36,38,60H,6-7,9,11-13,15,17-18,23-24,29,32-35,37,39-59H2,1-5H3/p+1/b10-8-,16-14-,21-19-,22-20-,27-25-,28-26-,31-30-,38-36-. The number of carbonyl (C=O) groups is 2. The van der Waals surface area contributed by atoms with E-state index in [9.17, 15) is 19.0 Å². The molecule has 0 radical (unpaired) electrons. The molecule has 0 spiro atoms. The average molecular weight is 1030 g/mol. The van der Waals surface area contributed by atoms with Crippen LogP contribution in [-0.4, -0.2) is 74.9 Å². The molecule has 0 aromatic heterocycles. The van der Waals surface area contributed by atoms with Crippen molar-refractivity contribution in [1.29, 1.82) is 0 Å². The summed E-state index contributed by atoms with van der Waals surface area (Å²) in [4.78, 5) is 35.7. The molecule has 9 nitrogen and oxygen atoms in total. The normalized spacial score (nSPS) is 14.0. The third kappa shape index (κ3) is 56.2. The van der Waals surface area contributed by atoms with Crippen molar-refractivity contribution in [1.82, 2.24) is 0 Å². The molecule has 10 heteroatoms. The Morgan fingerprint density at radius 2 is 0.792 bits per heavy atom. The maximum Gasteiger partial charge on any atom is 0.472 e. The number of ether oxygens (including phenoxy) is 2. The zero-order valence-electron chi connectivity index (χ0n) is 46.9. The van der Waals surface area contributed by atoms with E-state index in [0.717, 1.165) is 103 Å². The van der Waals surface area contributed by atoms with Crippen LogP contribution in [0.25, 0.3) is 0 Å². The minimum Gasteiger partial charge on any atom is -0.462 e. The number of hydrogen-bond donors (Lipinski definition) is 1.